The van der Waals surface area contributed by atoms with E-state index in [2.05, 4.69) is 0 Å². The molecule has 1 N–H and O–H groups in total. The van der Waals surface area contributed by atoms with E-state index in [4.69, 9.17) is 5.11 Å². The van der Waals surface area contributed by atoms with E-state index in [9.17, 15) is 4.79 Å². The lowest BCUT2D eigenvalue weighted by Crippen LogP contribution is -2.25. The number of benzene rings is 1. The Bertz CT molecular complexity index is 371. The van der Waals surface area contributed by atoms with Gasteiger partial charge in [-0.3, -0.25) is 4.90 Å². The van der Waals surface area contributed by atoms with Crippen LogP contribution in [0.3, 0.4) is 0 Å². The van der Waals surface area contributed by atoms with E-state index in [1.54, 1.807) is 6.20 Å². The van der Waals surface area contributed by atoms with Crippen molar-refractivity contribution >= 4 is 11.8 Å². The van der Waals surface area contributed by atoms with Crippen LogP contribution >= 0.6 is 0 Å². The lowest BCUT2D eigenvalue weighted by Gasteiger charge is -2.21. The maximum absolute atomic E-state index is 10.8. The van der Waals surface area contributed by atoms with Crippen LogP contribution in [0.5, 0.6) is 0 Å². The van der Waals surface area contributed by atoms with E-state index in [1.165, 1.54) is 4.90 Å². The highest BCUT2D eigenvalue weighted by atomic mass is 16.4. The van der Waals surface area contributed by atoms with Crippen molar-refractivity contribution in [1.29, 1.82) is 0 Å². The summed E-state index contributed by atoms with van der Waals surface area (Å²) in [5, 5.41) is 8.86. The minimum absolute atomic E-state index is 0.762. The molecule has 1 heterocycles. The Hall–Kier alpha value is -1.77. The van der Waals surface area contributed by atoms with Gasteiger partial charge in [-0.2, -0.15) is 0 Å². The summed E-state index contributed by atoms with van der Waals surface area (Å²) in [7, 11) is 0. The molecule has 2 rings (SSSR count). The van der Waals surface area contributed by atoms with Gasteiger partial charge in [-0.05, 0) is 18.1 Å². The molecule has 1 aromatic carbocycles. The third kappa shape index (κ3) is 1.28. The molecule has 1 amide bonds. The minimum atomic E-state index is -0.941. The molecule has 0 unspecified atom stereocenters. The zero-order valence-electron chi connectivity index (χ0n) is 6.97. The molecule has 1 aliphatic heterocycles. The van der Waals surface area contributed by atoms with E-state index in [0.29, 0.717) is 0 Å². The molecule has 0 aliphatic carbocycles. The second kappa shape index (κ2) is 2.94. The fourth-order valence-electron chi connectivity index (χ4n) is 1.45. The van der Waals surface area contributed by atoms with Crippen molar-refractivity contribution in [3.63, 3.8) is 0 Å². The van der Waals surface area contributed by atoms with Crippen molar-refractivity contribution in [3.8, 4) is 0 Å². The molecule has 0 fully saturated rings. The topological polar surface area (TPSA) is 40.5 Å². The first-order valence-electron chi connectivity index (χ1n) is 4.06. The third-order valence-corrected chi connectivity index (χ3v) is 2.05. The number of hydrogen-bond donors (Lipinski definition) is 1. The molecule has 0 spiro atoms. The maximum atomic E-state index is 10.8. The molecule has 66 valence electrons. The van der Waals surface area contributed by atoms with Crippen molar-refractivity contribution in [3.05, 3.63) is 42.1 Å². The summed E-state index contributed by atoms with van der Waals surface area (Å²) in [4.78, 5) is 12.0. The monoisotopic (exact) mass is 175 g/mol. The maximum Gasteiger partial charge on any atom is 0.415 e. The quantitative estimate of drug-likeness (QED) is 0.656. The average Bonchev–Trinajstić information content (AvgIpc) is 2.17. The first kappa shape index (κ1) is 7.86. The number of hydrogen-bond acceptors (Lipinski definition) is 1. The number of nitrogens with zero attached hydrogens (tertiary/aromatic N) is 1. The molecule has 0 saturated heterocycles. The summed E-state index contributed by atoms with van der Waals surface area (Å²) < 4.78 is 0. The van der Waals surface area contributed by atoms with Gasteiger partial charge in [-0.1, -0.05) is 24.3 Å². The fourth-order valence-corrected chi connectivity index (χ4v) is 1.45. The summed E-state index contributed by atoms with van der Waals surface area (Å²) in [5.74, 6) is 0. The van der Waals surface area contributed by atoms with Crippen molar-refractivity contribution in [2.45, 2.75) is 6.42 Å². The van der Waals surface area contributed by atoms with Gasteiger partial charge in [0, 0.05) is 6.20 Å². The van der Waals surface area contributed by atoms with Crippen LogP contribution in [0.4, 0.5) is 10.5 Å². The second-order valence-electron chi connectivity index (χ2n) is 2.87. The van der Waals surface area contributed by atoms with Crippen LogP contribution in [0.2, 0.25) is 0 Å². The van der Waals surface area contributed by atoms with Crippen molar-refractivity contribution in [2.75, 3.05) is 4.90 Å². The Morgan fingerprint density at radius 3 is 2.92 bits per heavy atom. The Kier molecular flexibility index (Phi) is 1.77. The first-order valence-corrected chi connectivity index (χ1v) is 4.06. The van der Waals surface area contributed by atoms with Gasteiger partial charge in [0.1, 0.15) is 0 Å². The zero-order chi connectivity index (χ0) is 9.26. The number of anilines is 1. The van der Waals surface area contributed by atoms with Crippen molar-refractivity contribution < 1.29 is 9.90 Å². The summed E-state index contributed by atoms with van der Waals surface area (Å²) >= 11 is 0. The summed E-state index contributed by atoms with van der Waals surface area (Å²) in [6.45, 7) is 0. The van der Waals surface area contributed by atoms with Gasteiger partial charge >= 0.3 is 6.09 Å². The second-order valence-corrected chi connectivity index (χ2v) is 2.87. The van der Waals surface area contributed by atoms with Gasteiger partial charge in [0.15, 0.2) is 0 Å². The fraction of sp³-hybridized carbons (Fsp3) is 0.100. The molecule has 3 nitrogen and oxygen atoms in total. The number of para-hydroxylation sites is 1. The first-order chi connectivity index (χ1) is 6.29. The van der Waals surface area contributed by atoms with Gasteiger partial charge in [0.05, 0.1) is 5.69 Å². The highest BCUT2D eigenvalue weighted by Crippen LogP contribution is 2.25. The van der Waals surface area contributed by atoms with Crippen LogP contribution in [0.25, 0.3) is 0 Å². The van der Waals surface area contributed by atoms with E-state index >= 15 is 0 Å². The number of fused-ring (bicyclic) bond motifs is 1. The summed E-state index contributed by atoms with van der Waals surface area (Å²) in [6, 6.07) is 7.51. The zero-order valence-corrected chi connectivity index (χ0v) is 6.97. The van der Waals surface area contributed by atoms with Crippen LogP contribution in [-0.2, 0) is 6.42 Å². The number of allylic oxidation sites excluding steroid dienone is 1. The van der Waals surface area contributed by atoms with Crippen molar-refractivity contribution in [1.82, 2.24) is 0 Å². The molecule has 0 atom stereocenters. The number of carbonyl (C=O) groups is 1. The summed E-state index contributed by atoms with van der Waals surface area (Å²) in [6.07, 6.45) is 3.30. The summed E-state index contributed by atoms with van der Waals surface area (Å²) in [5.41, 5.74) is 1.81. The van der Waals surface area contributed by atoms with Crippen LogP contribution < -0.4 is 4.90 Å². The molecule has 1 aromatic rings. The Morgan fingerprint density at radius 1 is 1.38 bits per heavy atom. The molecule has 0 bridgehead atoms. The molecule has 3 heteroatoms. The highest BCUT2D eigenvalue weighted by Gasteiger charge is 2.16. The standard InChI is InChI=1S/C10H9NO2/c12-10(13)11-7-3-5-8-4-1-2-6-9(8)11/h1-4,6-7H,5H2,(H,12,13). The van der Waals surface area contributed by atoms with E-state index in [1.807, 2.05) is 30.3 Å². The predicted octanol–water partition coefficient (Wildman–Crippen LogP) is 2.24. The van der Waals surface area contributed by atoms with Crippen LogP contribution in [0.1, 0.15) is 5.56 Å². The van der Waals surface area contributed by atoms with Gasteiger partial charge in [0.25, 0.3) is 0 Å². The molecular formula is C10H9NO2. The smallest absolute Gasteiger partial charge is 0.415 e. The average molecular weight is 175 g/mol. The third-order valence-electron chi connectivity index (χ3n) is 2.05. The molecule has 13 heavy (non-hydrogen) atoms. The van der Waals surface area contributed by atoms with E-state index in [0.717, 1.165) is 17.7 Å². The lowest BCUT2D eigenvalue weighted by molar-refractivity contribution is 0.204. The van der Waals surface area contributed by atoms with Crippen LogP contribution in [-0.4, -0.2) is 11.2 Å². The molecule has 0 radical (unpaired) electrons. The minimum Gasteiger partial charge on any atom is -0.464 e. The van der Waals surface area contributed by atoms with Gasteiger partial charge in [-0.15, -0.1) is 0 Å². The molecule has 0 aromatic heterocycles. The number of rotatable bonds is 0. The number of amides is 1. The van der Waals surface area contributed by atoms with E-state index in [-0.39, 0.29) is 0 Å². The van der Waals surface area contributed by atoms with E-state index < -0.39 is 6.09 Å². The molecule has 0 saturated carbocycles. The Labute approximate surface area is 75.9 Å². The van der Waals surface area contributed by atoms with Crippen LogP contribution in [0, 0.1) is 0 Å². The largest absolute Gasteiger partial charge is 0.464 e. The van der Waals surface area contributed by atoms with Crippen LogP contribution in [0.15, 0.2) is 36.5 Å². The van der Waals surface area contributed by atoms with Gasteiger partial charge < -0.3 is 5.11 Å². The van der Waals surface area contributed by atoms with Gasteiger partial charge in [0.2, 0.25) is 0 Å². The molecule has 1 aliphatic rings. The number of carboxylic acid groups (broad SMARTS) is 1. The Morgan fingerprint density at radius 2 is 2.15 bits per heavy atom. The predicted molar refractivity (Wildman–Crippen MR) is 49.8 cm³/mol. The highest BCUT2D eigenvalue weighted by molar-refractivity contribution is 5.89. The SMILES string of the molecule is O=C(O)N1C=CCc2ccccc21. The normalized spacial score (nSPS) is 14.0. The lowest BCUT2D eigenvalue weighted by atomic mass is 10.1. The van der Waals surface area contributed by atoms with Gasteiger partial charge in [-0.25, -0.2) is 4.79 Å². The molecular weight excluding hydrogens is 166 g/mol. The Balaban J connectivity index is 2.48. The van der Waals surface area contributed by atoms with Crippen molar-refractivity contribution in [2.24, 2.45) is 0 Å².